The molecule has 1 aliphatic rings. The molecule has 1 amide bonds. The van der Waals surface area contributed by atoms with Crippen LogP contribution in [0.4, 0.5) is 0 Å². The summed E-state index contributed by atoms with van der Waals surface area (Å²) in [6, 6.07) is 0. The first-order valence-corrected chi connectivity index (χ1v) is 4.38. The number of rotatable bonds is 4. The van der Waals surface area contributed by atoms with E-state index in [1.54, 1.807) is 0 Å². The second-order valence-electron chi connectivity index (χ2n) is 3.21. The Labute approximate surface area is 81.4 Å². The van der Waals surface area contributed by atoms with Crippen LogP contribution < -0.4 is 5.32 Å². The lowest BCUT2D eigenvalue weighted by atomic mass is 9.72. The number of carboxylic acids is 1. The zero-order valence-electron chi connectivity index (χ0n) is 7.55. The van der Waals surface area contributed by atoms with Gasteiger partial charge in [0.25, 0.3) is 0 Å². The number of hydrogen-bond donors (Lipinski definition) is 3. The summed E-state index contributed by atoms with van der Waals surface area (Å²) in [6.45, 7) is 0. The van der Waals surface area contributed by atoms with Crippen LogP contribution in [0.25, 0.3) is 0 Å². The Balaban J connectivity index is 2.38. The first-order chi connectivity index (χ1) is 6.63. The lowest BCUT2D eigenvalue weighted by molar-refractivity contribution is -0.139. The van der Waals surface area contributed by atoms with Gasteiger partial charge in [0.2, 0.25) is 6.41 Å². The lowest BCUT2D eigenvalue weighted by Gasteiger charge is -2.29. The highest BCUT2D eigenvalue weighted by Crippen LogP contribution is 2.18. The van der Waals surface area contributed by atoms with Crippen molar-refractivity contribution in [2.24, 2.45) is 0 Å². The lowest BCUT2D eigenvalue weighted by Crippen LogP contribution is -2.50. The molecule has 0 aromatic rings. The second kappa shape index (κ2) is 4.97. The molecule has 0 saturated carbocycles. The van der Waals surface area contributed by atoms with Gasteiger partial charge in [0, 0.05) is 0 Å². The fourth-order valence-corrected chi connectivity index (χ4v) is 1.47. The molecule has 2 unspecified atom stereocenters. The van der Waals surface area contributed by atoms with Gasteiger partial charge in [-0.25, -0.2) is 0 Å². The van der Waals surface area contributed by atoms with Crippen molar-refractivity contribution < 1.29 is 24.4 Å². The van der Waals surface area contributed by atoms with Gasteiger partial charge in [-0.3, -0.25) is 9.59 Å². The SMILES string of the molecule is O=CNC1CCC(CC(=O)O)OB1O. The highest BCUT2D eigenvalue weighted by Gasteiger charge is 2.35. The molecule has 1 fully saturated rings. The summed E-state index contributed by atoms with van der Waals surface area (Å²) in [6.07, 6.45) is 0.957. The van der Waals surface area contributed by atoms with Crippen molar-refractivity contribution in [2.75, 3.05) is 0 Å². The summed E-state index contributed by atoms with van der Waals surface area (Å²) in [5.74, 6) is -1.39. The number of hydrogen-bond acceptors (Lipinski definition) is 4. The van der Waals surface area contributed by atoms with Gasteiger partial charge in [0.05, 0.1) is 18.5 Å². The fraction of sp³-hybridized carbons (Fsp3) is 0.714. The molecule has 1 saturated heterocycles. The van der Waals surface area contributed by atoms with Gasteiger partial charge >= 0.3 is 13.1 Å². The molecule has 0 aromatic carbocycles. The predicted octanol–water partition coefficient (Wildman–Crippen LogP) is -1.23. The van der Waals surface area contributed by atoms with Crippen LogP contribution in [0.3, 0.4) is 0 Å². The molecule has 1 aliphatic heterocycles. The third kappa shape index (κ3) is 3.00. The minimum absolute atomic E-state index is 0.120. The van der Waals surface area contributed by atoms with Crippen molar-refractivity contribution in [1.29, 1.82) is 0 Å². The Morgan fingerprint density at radius 2 is 2.36 bits per heavy atom. The maximum Gasteiger partial charge on any atom is 0.478 e. The van der Waals surface area contributed by atoms with E-state index >= 15 is 0 Å². The highest BCUT2D eigenvalue weighted by molar-refractivity contribution is 6.45. The minimum atomic E-state index is -1.11. The van der Waals surface area contributed by atoms with Gasteiger partial charge in [-0.2, -0.15) is 0 Å². The third-order valence-electron chi connectivity index (χ3n) is 2.16. The van der Waals surface area contributed by atoms with Crippen LogP contribution in [0.5, 0.6) is 0 Å². The van der Waals surface area contributed by atoms with E-state index in [0.717, 1.165) is 0 Å². The molecule has 0 aromatic heterocycles. The van der Waals surface area contributed by atoms with Gasteiger partial charge < -0.3 is 20.1 Å². The molecular formula is C7H12BNO5. The number of nitrogens with one attached hydrogen (secondary N) is 1. The summed E-state index contributed by atoms with van der Waals surface area (Å²) in [5, 5.41) is 20.2. The number of aliphatic carboxylic acids is 1. The van der Waals surface area contributed by atoms with Crippen molar-refractivity contribution in [3.8, 4) is 0 Å². The summed E-state index contributed by atoms with van der Waals surface area (Å²) >= 11 is 0. The van der Waals surface area contributed by atoms with Gasteiger partial charge in [0.15, 0.2) is 0 Å². The van der Waals surface area contributed by atoms with Crippen LogP contribution in [-0.2, 0) is 14.2 Å². The molecule has 3 N–H and O–H groups in total. The van der Waals surface area contributed by atoms with Gasteiger partial charge in [-0.15, -0.1) is 0 Å². The Morgan fingerprint density at radius 1 is 1.64 bits per heavy atom. The van der Waals surface area contributed by atoms with Crippen molar-refractivity contribution in [1.82, 2.24) is 5.32 Å². The van der Waals surface area contributed by atoms with E-state index in [9.17, 15) is 14.6 Å². The quantitative estimate of drug-likeness (QED) is 0.391. The third-order valence-corrected chi connectivity index (χ3v) is 2.16. The number of amides is 1. The average molecular weight is 201 g/mol. The standard InChI is InChI=1S/C7H12BNO5/c10-4-9-6-2-1-5(3-7(11)12)14-8(6)13/h4-6,13H,1-3H2,(H,9,10)(H,11,12). The first kappa shape index (κ1) is 11.0. The normalized spacial score (nSPS) is 27.1. The molecule has 2 atom stereocenters. The molecule has 0 spiro atoms. The monoisotopic (exact) mass is 201 g/mol. The Kier molecular flexibility index (Phi) is 3.90. The van der Waals surface area contributed by atoms with Crippen molar-refractivity contribution in [3.63, 3.8) is 0 Å². The second-order valence-corrected chi connectivity index (χ2v) is 3.21. The van der Waals surface area contributed by atoms with Gasteiger partial charge in [-0.1, -0.05) is 0 Å². The van der Waals surface area contributed by atoms with E-state index < -0.39 is 25.1 Å². The van der Waals surface area contributed by atoms with E-state index in [2.05, 4.69) is 5.32 Å². The highest BCUT2D eigenvalue weighted by atomic mass is 16.5. The number of carboxylic acid groups (broad SMARTS) is 1. The molecule has 1 rings (SSSR count). The van der Waals surface area contributed by atoms with Crippen LogP contribution in [-0.4, -0.2) is 41.7 Å². The van der Waals surface area contributed by atoms with Crippen LogP contribution in [0.15, 0.2) is 0 Å². The number of carbonyl (C=O) groups excluding carboxylic acids is 1. The molecule has 1 heterocycles. The minimum Gasteiger partial charge on any atom is -0.481 e. The topological polar surface area (TPSA) is 95.9 Å². The van der Waals surface area contributed by atoms with Gasteiger partial charge in [-0.05, 0) is 12.8 Å². The van der Waals surface area contributed by atoms with Crippen LogP contribution >= 0.6 is 0 Å². The number of carbonyl (C=O) groups is 2. The summed E-state index contributed by atoms with van der Waals surface area (Å²) in [7, 11) is -1.11. The van der Waals surface area contributed by atoms with Crippen molar-refractivity contribution >= 4 is 19.5 Å². The van der Waals surface area contributed by atoms with Crippen molar-refractivity contribution in [3.05, 3.63) is 0 Å². The van der Waals surface area contributed by atoms with Crippen molar-refractivity contribution in [2.45, 2.75) is 31.3 Å². The van der Waals surface area contributed by atoms with Crippen LogP contribution in [0, 0.1) is 0 Å². The molecule has 0 radical (unpaired) electrons. The summed E-state index contributed by atoms with van der Waals surface area (Å²) < 4.78 is 5.02. The summed E-state index contributed by atoms with van der Waals surface area (Å²) in [5.41, 5.74) is 0. The Bertz CT molecular complexity index is 224. The predicted molar refractivity (Wildman–Crippen MR) is 47.3 cm³/mol. The molecule has 0 aliphatic carbocycles. The Hall–Kier alpha value is -1.08. The molecule has 0 bridgehead atoms. The zero-order valence-corrected chi connectivity index (χ0v) is 7.55. The van der Waals surface area contributed by atoms with E-state index in [-0.39, 0.29) is 6.42 Å². The van der Waals surface area contributed by atoms with E-state index in [1.165, 1.54) is 0 Å². The molecule has 7 heteroatoms. The van der Waals surface area contributed by atoms with Gasteiger partial charge in [0.1, 0.15) is 0 Å². The molecule has 78 valence electrons. The van der Waals surface area contributed by atoms with Crippen LogP contribution in [0.1, 0.15) is 19.3 Å². The maximum absolute atomic E-state index is 10.3. The smallest absolute Gasteiger partial charge is 0.478 e. The Morgan fingerprint density at radius 3 is 2.86 bits per heavy atom. The van der Waals surface area contributed by atoms with E-state index in [4.69, 9.17) is 9.76 Å². The first-order valence-electron chi connectivity index (χ1n) is 4.38. The molecule has 6 nitrogen and oxygen atoms in total. The molecular weight excluding hydrogens is 189 g/mol. The maximum atomic E-state index is 10.3. The fourth-order valence-electron chi connectivity index (χ4n) is 1.47. The average Bonchev–Trinajstić information content (AvgIpc) is 2.09. The summed E-state index contributed by atoms with van der Waals surface area (Å²) in [4.78, 5) is 20.5. The van der Waals surface area contributed by atoms with E-state index in [0.29, 0.717) is 19.3 Å². The molecule has 14 heavy (non-hydrogen) atoms. The zero-order chi connectivity index (χ0) is 10.6. The van der Waals surface area contributed by atoms with Crippen LogP contribution in [0.2, 0.25) is 0 Å². The van der Waals surface area contributed by atoms with E-state index in [1.807, 2.05) is 0 Å². The largest absolute Gasteiger partial charge is 0.481 e.